The molecule has 10 nitrogen and oxygen atoms in total. The van der Waals surface area contributed by atoms with Crippen molar-refractivity contribution in [2.45, 2.75) is 50.0 Å². The van der Waals surface area contributed by atoms with Crippen molar-refractivity contribution >= 4 is 59.8 Å². The SMILES string of the molecule is CSCCC(NC(=O)C(N)CS)C(=O)NC(CCSC)C(=O)NC(C(=O)O)C(C)O. The maximum absolute atomic E-state index is 12.8. The molecule has 0 rings (SSSR count). The lowest BCUT2D eigenvalue weighted by atomic mass is 10.1. The van der Waals surface area contributed by atoms with Crippen LogP contribution in [0.5, 0.6) is 0 Å². The number of hydrogen-bond acceptors (Lipinski definition) is 9. The number of rotatable bonds is 15. The Hall–Kier alpha value is -1.15. The topological polar surface area (TPSA) is 171 Å². The molecule has 0 fully saturated rings. The van der Waals surface area contributed by atoms with E-state index in [1.54, 1.807) is 0 Å². The second kappa shape index (κ2) is 15.6. The van der Waals surface area contributed by atoms with Gasteiger partial charge in [-0.2, -0.15) is 36.2 Å². The molecule has 5 unspecified atom stereocenters. The van der Waals surface area contributed by atoms with Crippen molar-refractivity contribution in [3.8, 4) is 0 Å². The van der Waals surface area contributed by atoms with Gasteiger partial charge in [-0.3, -0.25) is 14.4 Å². The average Bonchev–Trinajstić information content (AvgIpc) is 2.70. The zero-order valence-corrected chi connectivity index (χ0v) is 19.8. The molecular formula is C17H32N4O6S3. The van der Waals surface area contributed by atoms with E-state index in [1.807, 2.05) is 12.5 Å². The number of hydrogen-bond donors (Lipinski definition) is 7. The third kappa shape index (κ3) is 10.8. The number of carboxylic acids is 1. The second-order valence-electron chi connectivity index (χ2n) is 6.54. The van der Waals surface area contributed by atoms with Crippen LogP contribution in [0.25, 0.3) is 0 Å². The minimum absolute atomic E-state index is 0.109. The number of thiol groups is 1. The van der Waals surface area contributed by atoms with Crippen molar-refractivity contribution in [1.82, 2.24) is 16.0 Å². The van der Waals surface area contributed by atoms with Gasteiger partial charge in [-0.05, 0) is 43.8 Å². The van der Waals surface area contributed by atoms with Crippen LogP contribution >= 0.6 is 36.2 Å². The molecule has 0 aromatic carbocycles. The molecule has 30 heavy (non-hydrogen) atoms. The van der Waals surface area contributed by atoms with E-state index in [0.717, 1.165) is 0 Å². The van der Waals surface area contributed by atoms with Crippen molar-refractivity contribution in [3.63, 3.8) is 0 Å². The summed E-state index contributed by atoms with van der Waals surface area (Å²) in [7, 11) is 0. The normalized spacial score (nSPS) is 15.9. The summed E-state index contributed by atoms with van der Waals surface area (Å²) in [5.41, 5.74) is 5.65. The van der Waals surface area contributed by atoms with Gasteiger partial charge < -0.3 is 31.9 Å². The van der Waals surface area contributed by atoms with Crippen LogP contribution in [0.4, 0.5) is 0 Å². The molecule has 7 N–H and O–H groups in total. The van der Waals surface area contributed by atoms with E-state index in [0.29, 0.717) is 17.9 Å². The molecule has 0 aliphatic heterocycles. The lowest BCUT2D eigenvalue weighted by Gasteiger charge is -2.25. The number of nitrogens with one attached hydrogen (secondary N) is 3. The first kappa shape index (κ1) is 28.9. The predicted molar refractivity (Wildman–Crippen MR) is 123 cm³/mol. The van der Waals surface area contributed by atoms with Crippen LogP contribution in [0.1, 0.15) is 19.8 Å². The van der Waals surface area contributed by atoms with Crippen molar-refractivity contribution < 1.29 is 29.4 Å². The Bertz CT molecular complexity index is 582. The van der Waals surface area contributed by atoms with Gasteiger partial charge in [-0.25, -0.2) is 4.79 Å². The number of carbonyl (C=O) groups is 4. The van der Waals surface area contributed by atoms with Gasteiger partial charge >= 0.3 is 5.97 Å². The molecule has 0 bridgehead atoms. The Labute approximate surface area is 190 Å². The Balaban J connectivity index is 5.35. The van der Waals surface area contributed by atoms with Gasteiger partial charge in [0.15, 0.2) is 6.04 Å². The second-order valence-corrected chi connectivity index (χ2v) is 8.88. The first-order chi connectivity index (χ1) is 14.1. The van der Waals surface area contributed by atoms with Gasteiger partial charge in [0.1, 0.15) is 12.1 Å². The van der Waals surface area contributed by atoms with E-state index >= 15 is 0 Å². The summed E-state index contributed by atoms with van der Waals surface area (Å²) in [4.78, 5) is 48.7. The molecule has 0 saturated heterocycles. The quantitative estimate of drug-likeness (QED) is 0.139. The van der Waals surface area contributed by atoms with E-state index in [1.165, 1.54) is 30.4 Å². The number of carbonyl (C=O) groups excluding carboxylic acids is 3. The van der Waals surface area contributed by atoms with Crippen LogP contribution in [0.2, 0.25) is 0 Å². The Morgan fingerprint density at radius 3 is 1.73 bits per heavy atom. The largest absolute Gasteiger partial charge is 0.480 e. The Kier molecular flexibility index (Phi) is 15.0. The highest BCUT2D eigenvalue weighted by Crippen LogP contribution is 2.06. The van der Waals surface area contributed by atoms with Gasteiger partial charge in [0, 0.05) is 5.75 Å². The minimum Gasteiger partial charge on any atom is -0.480 e. The molecule has 174 valence electrons. The molecule has 3 amide bonds. The summed E-state index contributed by atoms with van der Waals surface area (Å²) in [5, 5.41) is 26.1. The molecular weight excluding hydrogens is 452 g/mol. The molecule has 0 radical (unpaired) electrons. The maximum Gasteiger partial charge on any atom is 0.328 e. The van der Waals surface area contributed by atoms with Crippen LogP contribution < -0.4 is 21.7 Å². The van der Waals surface area contributed by atoms with E-state index in [4.69, 9.17) is 10.8 Å². The zero-order chi connectivity index (χ0) is 23.3. The fourth-order valence-electron chi connectivity index (χ4n) is 2.29. The van der Waals surface area contributed by atoms with Gasteiger partial charge in [-0.1, -0.05) is 0 Å². The van der Waals surface area contributed by atoms with Gasteiger partial charge in [0.05, 0.1) is 12.1 Å². The average molecular weight is 485 g/mol. The fraction of sp³-hybridized carbons (Fsp3) is 0.765. The van der Waals surface area contributed by atoms with E-state index in [9.17, 15) is 24.3 Å². The van der Waals surface area contributed by atoms with Crippen LogP contribution in [0, 0.1) is 0 Å². The molecule has 0 aromatic rings. The van der Waals surface area contributed by atoms with E-state index < -0.39 is 54.0 Å². The van der Waals surface area contributed by atoms with Crippen LogP contribution in [-0.2, 0) is 19.2 Å². The van der Waals surface area contributed by atoms with Crippen molar-refractivity contribution in [2.24, 2.45) is 5.73 Å². The van der Waals surface area contributed by atoms with Crippen molar-refractivity contribution in [3.05, 3.63) is 0 Å². The molecule has 0 aromatic heterocycles. The third-order valence-electron chi connectivity index (χ3n) is 4.07. The molecule has 5 atom stereocenters. The van der Waals surface area contributed by atoms with Gasteiger partial charge in [-0.15, -0.1) is 0 Å². The number of carboxylic acid groups (broad SMARTS) is 1. The summed E-state index contributed by atoms with van der Waals surface area (Å²) in [6.07, 6.45) is 2.92. The summed E-state index contributed by atoms with van der Waals surface area (Å²) < 4.78 is 0. The zero-order valence-electron chi connectivity index (χ0n) is 17.3. The fourth-order valence-corrected chi connectivity index (χ4v) is 3.39. The first-order valence-corrected chi connectivity index (χ1v) is 12.7. The predicted octanol–water partition coefficient (Wildman–Crippen LogP) is -1.33. The number of thioether (sulfide) groups is 2. The van der Waals surface area contributed by atoms with E-state index in [2.05, 4.69) is 28.6 Å². The lowest BCUT2D eigenvalue weighted by Crippen LogP contribution is -2.58. The molecule has 0 spiro atoms. The molecule has 0 aliphatic carbocycles. The summed E-state index contributed by atoms with van der Waals surface area (Å²) >= 11 is 6.91. The summed E-state index contributed by atoms with van der Waals surface area (Å²) in [6.45, 7) is 1.24. The van der Waals surface area contributed by atoms with Crippen molar-refractivity contribution in [2.75, 3.05) is 29.8 Å². The highest BCUT2D eigenvalue weighted by Gasteiger charge is 2.31. The molecule has 0 heterocycles. The van der Waals surface area contributed by atoms with Crippen LogP contribution in [0.15, 0.2) is 0 Å². The third-order valence-corrected chi connectivity index (χ3v) is 5.75. The first-order valence-electron chi connectivity index (χ1n) is 9.25. The summed E-state index contributed by atoms with van der Waals surface area (Å²) in [6, 6.07) is -4.33. The highest BCUT2D eigenvalue weighted by molar-refractivity contribution is 7.98. The number of nitrogens with two attached hydrogens (primary N) is 1. The lowest BCUT2D eigenvalue weighted by molar-refractivity contribution is -0.145. The molecule has 13 heteroatoms. The monoisotopic (exact) mass is 484 g/mol. The highest BCUT2D eigenvalue weighted by atomic mass is 32.2. The van der Waals surface area contributed by atoms with Gasteiger partial charge in [0.25, 0.3) is 0 Å². The van der Waals surface area contributed by atoms with Crippen molar-refractivity contribution in [1.29, 1.82) is 0 Å². The Morgan fingerprint density at radius 1 is 0.933 bits per heavy atom. The van der Waals surface area contributed by atoms with Crippen LogP contribution in [0.3, 0.4) is 0 Å². The Morgan fingerprint density at radius 2 is 1.37 bits per heavy atom. The van der Waals surface area contributed by atoms with Crippen LogP contribution in [-0.4, -0.2) is 93.9 Å². The maximum atomic E-state index is 12.8. The minimum atomic E-state index is -1.51. The van der Waals surface area contributed by atoms with E-state index in [-0.39, 0.29) is 12.2 Å². The number of aliphatic hydroxyl groups excluding tert-OH is 1. The smallest absolute Gasteiger partial charge is 0.328 e. The summed E-state index contributed by atoms with van der Waals surface area (Å²) in [5.74, 6) is -2.01. The number of amides is 3. The number of aliphatic carboxylic acids is 1. The number of aliphatic hydroxyl groups is 1. The molecule has 0 aliphatic rings. The molecule has 0 saturated carbocycles. The standard InChI is InChI=1S/C17H32N4O6S3/c1-9(22)13(17(26)27)21-16(25)12(5-7-30-3)20-15(24)11(4-6-29-2)19-14(23)10(18)8-28/h9-13,22,28H,4-8,18H2,1-3H3,(H,19,23)(H,20,24)(H,21,25)(H,26,27). The van der Waals surface area contributed by atoms with Gasteiger partial charge in [0.2, 0.25) is 17.7 Å².